The Morgan fingerprint density at radius 3 is 3.18 bits per heavy atom. The van der Waals surface area contributed by atoms with Crippen LogP contribution in [0.4, 0.5) is 0 Å². The molecule has 0 radical (unpaired) electrons. The fraction of sp³-hybridized carbons (Fsp3) is 0.643. The topological polar surface area (TPSA) is 28.2 Å². The van der Waals surface area contributed by atoms with E-state index in [1.54, 1.807) is 0 Å². The molecular formula is C14H23N3. The molecule has 0 bridgehead atoms. The van der Waals surface area contributed by atoms with E-state index in [2.05, 4.69) is 35.1 Å². The second-order valence-electron chi connectivity index (χ2n) is 4.95. The Bertz CT molecular complexity index is 351. The SMILES string of the molecule is CCC1CN(Cc2cnccc2C)CCCN1. The van der Waals surface area contributed by atoms with Crippen molar-refractivity contribution >= 4 is 0 Å². The highest BCUT2D eigenvalue weighted by Crippen LogP contribution is 2.12. The Hall–Kier alpha value is -0.930. The summed E-state index contributed by atoms with van der Waals surface area (Å²) in [6.07, 6.45) is 6.34. The standard InChI is InChI=1S/C14H23N3/c1-3-14-11-17(8-4-6-16-14)10-13-9-15-7-5-12(13)2/h5,7,9,14,16H,3-4,6,8,10-11H2,1-2H3. The van der Waals surface area contributed by atoms with Crippen LogP contribution in [0.3, 0.4) is 0 Å². The van der Waals surface area contributed by atoms with Crippen molar-refractivity contribution in [1.29, 1.82) is 0 Å². The minimum absolute atomic E-state index is 0.648. The Balaban J connectivity index is 2.00. The number of hydrogen-bond donors (Lipinski definition) is 1. The van der Waals surface area contributed by atoms with Gasteiger partial charge in [-0.3, -0.25) is 9.88 Å². The Kier molecular flexibility index (Phi) is 4.51. The van der Waals surface area contributed by atoms with Gasteiger partial charge in [-0.2, -0.15) is 0 Å². The number of hydrogen-bond acceptors (Lipinski definition) is 3. The van der Waals surface area contributed by atoms with Crippen molar-refractivity contribution < 1.29 is 0 Å². The predicted molar refractivity (Wildman–Crippen MR) is 70.9 cm³/mol. The van der Waals surface area contributed by atoms with Crippen molar-refractivity contribution in [3.05, 3.63) is 29.6 Å². The molecular weight excluding hydrogens is 210 g/mol. The number of aromatic nitrogens is 1. The zero-order valence-electron chi connectivity index (χ0n) is 10.9. The van der Waals surface area contributed by atoms with Crippen molar-refractivity contribution in [2.45, 2.75) is 39.3 Å². The molecule has 0 aromatic carbocycles. The molecule has 1 aliphatic heterocycles. The van der Waals surface area contributed by atoms with Gasteiger partial charge >= 0.3 is 0 Å². The van der Waals surface area contributed by atoms with Gasteiger partial charge in [-0.25, -0.2) is 0 Å². The lowest BCUT2D eigenvalue weighted by atomic mass is 10.1. The van der Waals surface area contributed by atoms with Gasteiger partial charge in [-0.05, 0) is 50.0 Å². The molecule has 3 nitrogen and oxygen atoms in total. The first-order valence-corrected chi connectivity index (χ1v) is 6.65. The first kappa shape index (κ1) is 12.5. The minimum atomic E-state index is 0.648. The summed E-state index contributed by atoms with van der Waals surface area (Å²) in [5.74, 6) is 0. The summed E-state index contributed by atoms with van der Waals surface area (Å²) in [5, 5.41) is 3.60. The van der Waals surface area contributed by atoms with Gasteiger partial charge < -0.3 is 5.32 Å². The van der Waals surface area contributed by atoms with Gasteiger partial charge in [0.1, 0.15) is 0 Å². The second kappa shape index (κ2) is 6.12. The summed E-state index contributed by atoms with van der Waals surface area (Å²) in [6.45, 7) is 8.97. The van der Waals surface area contributed by atoms with Crippen LogP contribution in [-0.2, 0) is 6.54 Å². The molecule has 3 heteroatoms. The highest BCUT2D eigenvalue weighted by Gasteiger charge is 2.16. The Morgan fingerprint density at radius 1 is 1.53 bits per heavy atom. The van der Waals surface area contributed by atoms with E-state index in [0.29, 0.717) is 6.04 Å². The minimum Gasteiger partial charge on any atom is -0.313 e. The van der Waals surface area contributed by atoms with E-state index in [-0.39, 0.29) is 0 Å². The highest BCUT2D eigenvalue weighted by molar-refractivity contribution is 5.21. The van der Waals surface area contributed by atoms with Crippen molar-refractivity contribution in [3.63, 3.8) is 0 Å². The van der Waals surface area contributed by atoms with E-state index in [1.165, 1.54) is 30.5 Å². The summed E-state index contributed by atoms with van der Waals surface area (Å²) in [5.41, 5.74) is 2.72. The van der Waals surface area contributed by atoms with Crippen LogP contribution in [0.1, 0.15) is 30.9 Å². The number of rotatable bonds is 3. The van der Waals surface area contributed by atoms with Crippen LogP contribution in [0.2, 0.25) is 0 Å². The predicted octanol–water partition coefficient (Wildman–Crippen LogP) is 1.96. The Labute approximate surface area is 104 Å². The van der Waals surface area contributed by atoms with Crippen LogP contribution in [0.15, 0.2) is 18.5 Å². The molecule has 17 heavy (non-hydrogen) atoms. The number of nitrogens with zero attached hydrogens (tertiary/aromatic N) is 2. The molecule has 1 unspecified atom stereocenters. The lowest BCUT2D eigenvalue weighted by molar-refractivity contribution is 0.257. The molecule has 0 amide bonds. The molecule has 94 valence electrons. The normalized spacial score (nSPS) is 22.4. The molecule has 1 aromatic rings. The van der Waals surface area contributed by atoms with Gasteiger partial charge in [0.2, 0.25) is 0 Å². The van der Waals surface area contributed by atoms with Crippen molar-refractivity contribution in [1.82, 2.24) is 15.2 Å². The van der Waals surface area contributed by atoms with E-state index in [4.69, 9.17) is 0 Å². The maximum absolute atomic E-state index is 4.23. The lowest BCUT2D eigenvalue weighted by Gasteiger charge is -2.24. The molecule has 1 saturated heterocycles. The summed E-state index contributed by atoms with van der Waals surface area (Å²) in [4.78, 5) is 6.79. The van der Waals surface area contributed by atoms with Crippen LogP contribution in [0.25, 0.3) is 0 Å². The molecule has 1 aliphatic rings. The molecule has 1 N–H and O–H groups in total. The molecule has 1 fully saturated rings. The first-order valence-electron chi connectivity index (χ1n) is 6.65. The van der Waals surface area contributed by atoms with E-state index >= 15 is 0 Å². The molecule has 0 spiro atoms. The van der Waals surface area contributed by atoms with Gasteiger partial charge in [-0.15, -0.1) is 0 Å². The zero-order valence-corrected chi connectivity index (χ0v) is 10.9. The van der Waals surface area contributed by atoms with Crippen molar-refractivity contribution in [3.8, 4) is 0 Å². The third-order valence-electron chi connectivity index (χ3n) is 3.60. The van der Waals surface area contributed by atoms with E-state index in [1.807, 2.05) is 12.4 Å². The van der Waals surface area contributed by atoms with Gasteiger partial charge in [0.05, 0.1) is 0 Å². The third kappa shape index (κ3) is 3.51. The van der Waals surface area contributed by atoms with E-state index in [0.717, 1.165) is 19.6 Å². The van der Waals surface area contributed by atoms with Crippen molar-refractivity contribution in [2.75, 3.05) is 19.6 Å². The first-order chi connectivity index (χ1) is 8.29. The maximum Gasteiger partial charge on any atom is 0.0315 e. The summed E-state index contributed by atoms with van der Waals surface area (Å²) < 4.78 is 0. The monoisotopic (exact) mass is 233 g/mol. The van der Waals surface area contributed by atoms with Crippen LogP contribution in [0.5, 0.6) is 0 Å². The summed E-state index contributed by atoms with van der Waals surface area (Å²) in [7, 11) is 0. The average Bonchev–Trinajstić information content (AvgIpc) is 2.57. The molecule has 0 saturated carbocycles. The number of pyridine rings is 1. The number of nitrogens with one attached hydrogen (secondary N) is 1. The van der Waals surface area contributed by atoms with Crippen LogP contribution in [0, 0.1) is 6.92 Å². The summed E-state index contributed by atoms with van der Waals surface area (Å²) in [6, 6.07) is 2.75. The average molecular weight is 233 g/mol. The van der Waals surface area contributed by atoms with Crippen molar-refractivity contribution in [2.24, 2.45) is 0 Å². The van der Waals surface area contributed by atoms with Crippen LogP contribution >= 0.6 is 0 Å². The quantitative estimate of drug-likeness (QED) is 0.865. The van der Waals surface area contributed by atoms with Crippen LogP contribution < -0.4 is 5.32 Å². The largest absolute Gasteiger partial charge is 0.313 e. The molecule has 1 aromatic heterocycles. The van der Waals surface area contributed by atoms with Gasteiger partial charge in [0.15, 0.2) is 0 Å². The van der Waals surface area contributed by atoms with Crippen LogP contribution in [-0.4, -0.2) is 35.6 Å². The Morgan fingerprint density at radius 2 is 2.41 bits per heavy atom. The summed E-state index contributed by atoms with van der Waals surface area (Å²) >= 11 is 0. The smallest absolute Gasteiger partial charge is 0.0315 e. The van der Waals surface area contributed by atoms with E-state index < -0.39 is 0 Å². The third-order valence-corrected chi connectivity index (χ3v) is 3.60. The zero-order chi connectivity index (χ0) is 12.1. The molecule has 2 rings (SSSR count). The number of aryl methyl sites for hydroxylation is 1. The molecule has 1 atom stereocenters. The fourth-order valence-electron chi connectivity index (χ4n) is 2.40. The maximum atomic E-state index is 4.23. The fourth-order valence-corrected chi connectivity index (χ4v) is 2.40. The molecule has 0 aliphatic carbocycles. The second-order valence-corrected chi connectivity index (χ2v) is 4.95. The molecule has 2 heterocycles. The lowest BCUT2D eigenvalue weighted by Crippen LogP contribution is -2.36. The van der Waals surface area contributed by atoms with Gasteiger partial charge in [0, 0.05) is 31.5 Å². The van der Waals surface area contributed by atoms with E-state index in [9.17, 15) is 0 Å². The van der Waals surface area contributed by atoms with Gasteiger partial charge in [0.25, 0.3) is 0 Å². The van der Waals surface area contributed by atoms with Gasteiger partial charge in [-0.1, -0.05) is 6.92 Å². The highest BCUT2D eigenvalue weighted by atomic mass is 15.2.